The lowest BCUT2D eigenvalue weighted by Gasteiger charge is -2.43. The summed E-state index contributed by atoms with van der Waals surface area (Å²) in [5, 5.41) is 10.5. The van der Waals surface area contributed by atoms with Gasteiger partial charge in [0.05, 0.1) is 0 Å². The third kappa shape index (κ3) is 10.2. The molecule has 0 fully saturated rings. The number of anilines is 8. The van der Waals surface area contributed by atoms with Crippen LogP contribution in [-0.2, 0) is 0 Å². The van der Waals surface area contributed by atoms with Gasteiger partial charge in [0.1, 0.15) is 0 Å². The lowest BCUT2D eigenvalue weighted by molar-refractivity contribution is 1.35. The summed E-state index contributed by atoms with van der Waals surface area (Å²) < 4.78 is 0. The first-order valence-electron chi connectivity index (χ1n) is 42.0. The van der Waals surface area contributed by atoms with Gasteiger partial charge >= 0.3 is 27.4 Å². The number of hydrogen-bond donors (Lipinski definition) is 0. The molecule has 0 atom stereocenters. The van der Waals surface area contributed by atoms with Crippen LogP contribution in [0.25, 0.3) is 132 Å². The molecule has 0 aromatic heterocycles. The fraction of sp³-hybridized carbons (Fsp3) is 0. The van der Waals surface area contributed by atoms with Crippen LogP contribution >= 0.6 is 0 Å². The number of rotatable bonds is 0. The molecule has 0 saturated heterocycles. The number of nitrogens with zero attached hydrogens (tertiary/aromatic N) is 4. The number of fused-ring (bicyclic) bond motifs is 51. The van der Waals surface area contributed by atoms with Crippen LogP contribution in [0.4, 0.5) is 45.5 Å². The fourth-order valence-electron chi connectivity index (χ4n) is 21.7. The van der Waals surface area contributed by atoms with Crippen LogP contribution in [0, 0.1) is 0 Å². The molecule has 552 valence electrons. The molecule has 0 spiro atoms. The molecule has 0 N–H and O–H groups in total. The molecule has 28 rings (SSSR count). The summed E-state index contributed by atoms with van der Waals surface area (Å²) in [6, 6.07) is 160. The van der Waals surface area contributed by atoms with Crippen LogP contribution in [0.1, 0.15) is 0 Å². The van der Waals surface area contributed by atoms with E-state index in [0.29, 0.717) is 0 Å². The smallest absolute Gasteiger partial charge is 0.330 e. The first kappa shape index (κ1) is 68.2. The van der Waals surface area contributed by atoms with E-state index in [1.54, 1.807) is 0 Å². The minimum Gasteiger partial charge on any atom is -0.376 e. The quantitative estimate of drug-likeness (QED) is 0.140. The van der Waals surface area contributed by atoms with E-state index >= 15 is 0 Å². The predicted octanol–water partition coefficient (Wildman–Crippen LogP) is 23.0. The van der Waals surface area contributed by atoms with Crippen LogP contribution < -0.4 is 62.9 Å². The van der Waals surface area contributed by atoms with Crippen LogP contribution in [0.2, 0.25) is 0 Å². The van der Waals surface area contributed by atoms with Crippen LogP contribution in [0.5, 0.6) is 0 Å². The van der Waals surface area contributed by atoms with Crippen LogP contribution in [0.15, 0.2) is 437 Å². The maximum absolute atomic E-state index is 2.56. The van der Waals surface area contributed by atoms with Gasteiger partial charge in [-0.3, -0.25) is 0 Å². The normalized spacial score (nSPS) is 13.2. The lowest BCUT2D eigenvalue weighted by Crippen LogP contribution is -2.59. The minimum absolute atomic E-state index is 0.159. The van der Waals surface area contributed by atoms with Crippen LogP contribution in [-0.4, -0.2) is 27.4 Å². The molecule has 8 aliphatic rings. The van der Waals surface area contributed by atoms with Gasteiger partial charge in [-0.15, -0.1) is 0 Å². The second-order valence-electron chi connectivity index (χ2n) is 32.6. The summed E-state index contributed by atoms with van der Waals surface area (Å²) in [5.74, 6) is 0. The molecular formula is C112H72B4N4. The van der Waals surface area contributed by atoms with E-state index in [1.807, 2.05) is 0 Å². The lowest BCUT2D eigenvalue weighted by atomic mass is 9.42. The Morgan fingerprint density at radius 2 is 0.408 bits per heavy atom. The Hall–Kier alpha value is -15.1. The summed E-state index contributed by atoms with van der Waals surface area (Å²) in [7, 11) is 0. The number of para-hydroxylation sites is 7. The summed E-state index contributed by atoms with van der Waals surface area (Å²) >= 11 is 0. The Kier molecular flexibility index (Phi) is 15.5. The molecule has 20 aromatic rings. The molecular weight excluding hydrogens is 1440 g/mol. The van der Waals surface area contributed by atoms with Gasteiger partial charge in [0.15, 0.2) is 0 Å². The largest absolute Gasteiger partial charge is 0.376 e. The average Bonchev–Trinajstić information content (AvgIpc) is 0.745. The molecule has 120 heavy (non-hydrogen) atoms. The Morgan fingerprint density at radius 3 is 0.875 bits per heavy atom. The van der Waals surface area contributed by atoms with E-state index < -0.39 is 0 Å². The summed E-state index contributed by atoms with van der Waals surface area (Å²) in [4.78, 5) is 10.2. The van der Waals surface area contributed by atoms with Crippen molar-refractivity contribution in [2.45, 2.75) is 0 Å². The molecule has 0 unspecified atom stereocenters. The third-order valence-corrected chi connectivity index (χ3v) is 26.6. The second-order valence-corrected chi connectivity index (χ2v) is 32.6. The van der Waals surface area contributed by atoms with E-state index in [1.165, 1.54) is 221 Å². The SMILES string of the molecule is c1ccc2c(c1)B1c3c(ccc4ccccc34)-c3ccccc3N1c1ccccc1-2.c1ccc2c(c1)B1c3cc4ccccc4cc3-c3ccccc3N1c1ccccc1-2.c1ccc2c(c1)B1c3ccc4ccccc4c3-c3ccccc3N1c1ccccc1-2.c1ccc2c(c1)B1c3ccccc3-c3c(ccc4ccccc34)N1c1ccccc1-2. The van der Waals surface area contributed by atoms with Gasteiger partial charge in [-0.1, -0.05) is 382 Å². The Bertz CT molecular complexity index is 7270. The highest BCUT2D eigenvalue weighted by atomic mass is 15.1. The van der Waals surface area contributed by atoms with Crippen molar-refractivity contribution in [3.63, 3.8) is 0 Å². The first-order chi connectivity index (χ1) is 59.6. The maximum Gasteiger partial charge on any atom is 0.330 e. The molecule has 0 aliphatic carbocycles. The third-order valence-electron chi connectivity index (χ3n) is 26.6. The number of hydrogen-bond acceptors (Lipinski definition) is 4. The molecule has 8 heterocycles. The minimum atomic E-state index is 0.159. The Labute approximate surface area is 699 Å². The van der Waals surface area contributed by atoms with Gasteiger partial charge in [-0.25, -0.2) is 0 Å². The molecule has 0 amide bonds. The van der Waals surface area contributed by atoms with Gasteiger partial charge in [-0.05, 0) is 186 Å². The Balaban J connectivity index is 0.0000000886. The summed E-state index contributed by atoms with van der Waals surface area (Å²) in [5.41, 5.74) is 42.6. The highest BCUT2D eigenvalue weighted by Crippen LogP contribution is 2.53. The van der Waals surface area contributed by atoms with Gasteiger partial charge in [-0.2, -0.15) is 0 Å². The molecule has 8 heteroatoms. The van der Waals surface area contributed by atoms with Crippen molar-refractivity contribution < 1.29 is 0 Å². The maximum atomic E-state index is 2.56. The molecule has 0 radical (unpaired) electrons. The van der Waals surface area contributed by atoms with Gasteiger partial charge in [0, 0.05) is 90.0 Å². The van der Waals surface area contributed by atoms with Crippen molar-refractivity contribution in [2.75, 3.05) is 19.2 Å². The van der Waals surface area contributed by atoms with E-state index in [9.17, 15) is 0 Å². The second kappa shape index (κ2) is 27.3. The number of benzene rings is 20. The first-order valence-corrected chi connectivity index (χ1v) is 42.0. The predicted molar refractivity (Wildman–Crippen MR) is 514 cm³/mol. The van der Waals surface area contributed by atoms with E-state index in [-0.39, 0.29) is 27.4 Å². The van der Waals surface area contributed by atoms with Crippen molar-refractivity contribution in [3.05, 3.63) is 437 Å². The van der Waals surface area contributed by atoms with E-state index in [0.717, 1.165) is 0 Å². The van der Waals surface area contributed by atoms with Crippen molar-refractivity contribution >= 4 is 160 Å². The average molecular weight is 1520 g/mol. The van der Waals surface area contributed by atoms with Crippen molar-refractivity contribution in [2.24, 2.45) is 0 Å². The molecule has 8 aliphatic heterocycles. The van der Waals surface area contributed by atoms with Crippen molar-refractivity contribution in [3.8, 4) is 89.0 Å². The topological polar surface area (TPSA) is 13.0 Å². The fourth-order valence-corrected chi connectivity index (χ4v) is 21.7. The van der Waals surface area contributed by atoms with E-state index in [2.05, 4.69) is 456 Å². The van der Waals surface area contributed by atoms with Gasteiger partial charge in [0.2, 0.25) is 0 Å². The zero-order chi connectivity index (χ0) is 78.6. The summed E-state index contributed by atoms with van der Waals surface area (Å²) in [6.45, 7) is 0.685. The molecule has 0 saturated carbocycles. The van der Waals surface area contributed by atoms with Crippen LogP contribution in [0.3, 0.4) is 0 Å². The van der Waals surface area contributed by atoms with Gasteiger partial charge < -0.3 is 19.2 Å². The highest BCUT2D eigenvalue weighted by molar-refractivity contribution is 6.95. The Morgan fingerprint density at radius 1 is 0.133 bits per heavy atom. The summed E-state index contributed by atoms with van der Waals surface area (Å²) in [6.07, 6.45) is 0. The molecule has 20 aromatic carbocycles. The van der Waals surface area contributed by atoms with Gasteiger partial charge in [0.25, 0.3) is 0 Å². The molecule has 4 nitrogen and oxygen atoms in total. The highest BCUT2D eigenvalue weighted by Gasteiger charge is 2.47. The zero-order valence-corrected chi connectivity index (χ0v) is 65.7. The van der Waals surface area contributed by atoms with E-state index in [4.69, 9.17) is 0 Å². The van der Waals surface area contributed by atoms with Crippen molar-refractivity contribution in [1.29, 1.82) is 0 Å². The standard InChI is InChI=1S/4C28H18BN/c1-2-10-20-19(9-1)17-18-27-28(20)23-13-4-7-15-25(23)29-24-14-6-3-11-21(24)22-12-5-8-16-26(22)30(27)29;1-2-10-20-18-26-24(17-19(20)9-1)23-13-5-8-16-28(23)30-27-15-7-4-12-22(27)21-11-3-6-14-25(21)29(26)30;1-2-10-20-19(9-1)17-18-24-23-13-5-8-16-27(23)30-26-15-7-4-12-22(26)21-11-3-6-14-25(21)29(30)28(20)24;1-2-10-20-19(9-1)17-18-25-28(20)23-13-5-8-16-27(23)30-26-15-7-4-12-22(26)21-11-3-6-14-24(21)29(25)30/h4*1-18H. The van der Waals surface area contributed by atoms with Crippen molar-refractivity contribution in [1.82, 2.24) is 0 Å². The zero-order valence-electron chi connectivity index (χ0n) is 65.7. The monoisotopic (exact) mass is 1520 g/mol. The molecule has 0 bridgehead atoms.